The second kappa shape index (κ2) is 7.22. The maximum absolute atomic E-state index is 13.0. The van der Waals surface area contributed by atoms with Crippen LogP contribution in [0.2, 0.25) is 5.02 Å². The molecule has 3 amide bonds. The van der Waals surface area contributed by atoms with E-state index in [0.717, 1.165) is 6.07 Å². The molecule has 0 saturated carbocycles. The monoisotopic (exact) mass is 354 g/mol. The first kappa shape index (κ1) is 17.6. The van der Waals surface area contributed by atoms with E-state index in [9.17, 15) is 14.0 Å². The normalized spacial score (nSPS) is 15.5. The van der Waals surface area contributed by atoms with Crippen LogP contribution in [-0.4, -0.2) is 24.6 Å². The van der Waals surface area contributed by atoms with Gasteiger partial charge < -0.3 is 26.4 Å². The van der Waals surface area contributed by atoms with E-state index in [2.05, 4.69) is 22.5 Å². The minimum atomic E-state index is -0.596. The molecule has 24 heavy (non-hydrogen) atoms. The average Bonchev–Trinajstić information content (AvgIpc) is 2.49. The molecular formula is C15H16ClFN4O3. The number of carbonyl (C=O) groups is 2. The van der Waals surface area contributed by atoms with Gasteiger partial charge in [-0.05, 0) is 25.1 Å². The molecular weight excluding hydrogens is 339 g/mol. The van der Waals surface area contributed by atoms with E-state index in [4.69, 9.17) is 22.1 Å². The van der Waals surface area contributed by atoms with Crippen LogP contribution in [0.5, 0.6) is 5.75 Å². The molecule has 5 N–H and O–H groups in total. The molecule has 7 nitrogen and oxygen atoms in total. The Hall–Kier alpha value is -2.74. The minimum Gasteiger partial charge on any atom is -0.490 e. The Morgan fingerprint density at radius 3 is 2.88 bits per heavy atom. The molecule has 1 aliphatic heterocycles. The van der Waals surface area contributed by atoms with Crippen LogP contribution >= 0.6 is 11.6 Å². The Kier molecular flexibility index (Phi) is 5.30. The number of hydrogen-bond donors (Lipinski definition) is 4. The lowest BCUT2D eigenvalue weighted by atomic mass is 10.2. The molecule has 1 aliphatic rings. The van der Waals surface area contributed by atoms with Crippen LogP contribution in [0, 0.1) is 5.82 Å². The zero-order valence-corrected chi connectivity index (χ0v) is 13.5. The predicted molar refractivity (Wildman–Crippen MR) is 86.5 cm³/mol. The third-order valence-corrected chi connectivity index (χ3v) is 3.38. The quantitative estimate of drug-likeness (QED) is 0.640. The van der Waals surface area contributed by atoms with Crippen molar-refractivity contribution in [3.05, 3.63) is 52.7 Å². The van der Waals surface area contributed by atoms with Gasteiger partial charge >= 0.3 is 6.03 Å². The van der Waals surface area contributed by atoms with Crippen molar-refractivity contribution in [3.8, 4) is 5.75 Å². The van der Waals surface area contributed by atoms with Crippen LogP contribution in [-0.2, 0) is 4.79 Å². The number of nitrogens with two attached hydrogens (primary N) is 1. The minimum absolute atomic E-state index is 0.0433. The maximum Gasteiger partial charge on any atom is 0.323 e. The Labute approximate surface area is 142 Å². The highest BCUT2D eigenvalue weighted by atomic mass is 35.5. The van der Waals surface area contributed by atoms with Gasteiger partial charge in [0.2, 0.25) is 0 Å². The van der Waals surface area contributed by atoms with Crippen LogP contribution in [0.25, 0.3) is 0 Å². The van der Waals surface area contributed by atoms with E-state index in [1.165, 1.54) is 12.1 Å². The van der Waals surface area contributed by atoms with Crippen LogP contribution in [0.4, 0.5) is 9.18 Å². The highest BCUT2D eigenvalue weighted by Crippen LogP contribution is 2.24. The summed E-state index contributed by atoms with van der Waals surface area (Å²) in [6, 6.07) is 2.71. The molecule has 1 aromatic rings. The molecule has 0 saturated heterocycles. The van der Waals surface area contributed by atoms with E-state index < -0.39 is 23.8 Å². The van der Waals surface area contributed by atoms with Crippen LogP contribution in [0.3, 0.4) is 0 Å². The standard InChI is InChI=1S/C15H16ClFN4O3/c1-7(6-24-11-4-3-9(17)5-10(11)16)19-14(22)13-12(18)8(2)20-15(23)21-13/h3-5,7H,2,6,18H2,1H3,(H,19,22)(H2,20,21,23)/t7-/m1/s1. The van der Waals surface area contributed by atoms with Crippen molar-refractivity contribution in [2.75, 3.05) is 6.61 Å². The average molecular weight is 355 g/mol. The molecule has 1 aromatic carbocycles. The number of benzene rings is 1. The summed E-state index contributed by atoms with van der Waals surface area (Å²) in [6.07, 6.45) is 0. The second-order valence-corrected chi connectivity index (χ2v) is 5.51. The Bertz CT molecular complexity index is 735. The van der Waals surface area contributed by atoms with Crippen molar-refractivity contribution in [1.29, 1.82) is 0 Å². The summed E-state index contributed by atoms with van der Waals surface area (Å²) in [5.41, 5.74) is 5.82. The van der Waals surface area contributed by atoms with Gasteiger partial charge in [-0.2, -0.15) is 0 Å². The van der Waals surface area contributed by atoms with E-state index in [1.807, 2.05) is 0 Å². The van der Waals surface area contributed by atoms with Crippen molar-refractivity contribution in [3.63, 3.8) is 0 Å². The molecule has 0 aromatic heterocycles. The Morgan fingerprint density at radius 1 is 1.50 bits per heavy atom. The number of hydrogen-bond acceptors (Lipinski definition) is 4. The molecule has 128 valence electrons. The van der Waals surface area contributed by atoms with E-state index in [0.29, 0.717) is 5.75 Å². The fourth-order valence-corrected chi connectivity index (χ4v) is 2.11. The predicted octanol–water partition coefficient (Wildman–Crippen LogP) is 1.36. The summed E-state index contributed by atoms with van der Waals surface area (Å²) in [5.74, 6) is -0.760. The fraction of sp³-hybridized carbons (Fsp3) is 0.200. The Morgan fingerprint density at radius 2 is 2.21 bits per heavy atom. The number of ether oxygens (including phenoxy) is 1. The Balaban J connectivity index is 1.95. The van der Waals surface area contributed by atoms with Gasteiger partial charge in [0.1, 0.15) is 23.9 Å². The summed E-state index contributed by atoms with van der Waals surface area (Å²) in [7, 11) is 0. The SMILES string of the molecule is C=C1NC(=O)NC(C(=O)N[C@H](C)COc2ccc(F)cc2Cl)=C1N. The summed E-state index contributed by atoms with van der Waals surface area (Å²) < 4.78 is 18.4. The van der Waals surface area contributed by atoms with Gasteiger partial charge in [0.15, 0.2) is 0 Å². The van der Waals surface area contributed by atoms with Crippen LogP contribution in [0.1, 0.15) is 6.92 Å². The molecule has 2 rings (SSSR count). The van der Waals surface area contributed by atoms with Gasteiger partial charge in [-0.15, -0.1) is 0 Å². The third-order valence-electron chi connectivity index (χ3n) is 3.08. The number of amides is 3. The molecule has 0 fully saturated rings. The lowest BCUT2D eigenvalue weighted by Gasteiger charge is -2.22. The molecule has 0 aliphatic carbocycles. The molecule has 0 radical (unpaired) electrons. The highest BCUT2D eigenvalue weighted by Gasteiger charge is 2.24. The van der Waals surface area contributed by atoms with Crippen molar-refractivity contribution < 1.29 is 18.7 Å². The third kappa shape index (κ3) is 4.17. The number of rotatable bonds is 5. The van der Waals surface area contributed by atoms with Crippen molar-refractivity contribution in [2.45, 2.75) is 13.0 Å². The van der Waals surface area contributed by atoms with Crippen LogP contribution < -0.4 is 26.4 Å². The van der Waals surface area contributed by atoms with Crippen LogP contribution in [0.15, 0.2) is 41.9 Å². The first-order valence-electron chi connectivity index (χ1n) is 6.93. The van der Waals surface area contributed by atoms with Crippen molar-refractivity contribution >= 4 is 23.5 Å². The summed E-state index contributed by atoms with van der Waals surface area (Å²) >= 11 is 5.85. The van der Waals surface area contributed by atoms with Gasteiger partial charge in [0, 0.05) is 0 Å². The highest BCUT2D eigenvalue weighted by molar-refractivity contribution is 6.32. The van der Waals surface area contributed by atoms with Crippen molar-refractivity contribution in [2.24, 2.45) is 5.73 Å². The molecule has 0 bridgehead atoms. The first-order chi connectivity index (χ1) is 11.3. The molecule has 9 heteroatoms. The molecule has 1 atom stereocenters. The number of carbonyl (C=O) groups excluding carboxylic acids is 2. The maximum atomic E-state index is 13.0. The number of nitrogens with one attached hydrogen (secondary N) is 3. The van der Waals surface area contributed by atoms with Crippen molar-refractivity contribution in [1.82, 2.24) is 16.0 Å². The van der Waals surface area contributed by atoms with Gasteiger partial charge in [-0.25, -0.2) is 9.18 Å². The number of halogens is 2. The van der Waals surface area contributed by atoms with E-state index in [1.54, 1.807) is 6.92 Å². The van der Waals surface area contributed by atoms with Gasteiger partial charge in [0.05, 0.1) is 22.5 Å². The summed E-state index contributed by atoms with van der Waals surface area (Å²) in [6.45, 7) is 5.31. The largest absolute Gasteiger partial charge is 0.490 e. The summed E-state index contributed by atoms with van der Waals surface area (Å²) in [4.78, 5) is 23.5. The fourth-order valence-electron chi connectivity index (χ4n) is 1.89. The molecule has 0 unspecified atom stereocenters. The van der Waals surface area contributed by atoms with E-state index >= 15 is 0 Å². The number of urea groups is 1. The zero-order valence-electron chi connectivity index (χ0n) is 12.8. The summed E-state index contributed by atoms with van der Waals surface area (Å²) in [5, 5.41) is 7.41. The van der Waals surface area contributed by atoms with Gasteiger partial charge in [0.25, 0.3) is 5.91 Å². The molecule has 0 spiro atoms. The molecule has 1 heterocycles. The zero-order chi connectivity index (χ0) is 17.9. The lowest BCUT2D eigenvalue weighted by Crippen LogP contribution is -2.49. The lowest BCUT2D eigenvalue weighted by molar-refractivity contribution is -0.118. The van der Waals surface area contributed by atoms with Gasteiger partial charge in [-0.1, -0.05) is 18.2 Å². The smallest absolute Gasteiger partial charge is 0.323 e. The van der Waals surface area contributed by atoms with Gasteiger partial charge in [-0.3, -0.25) is 4.79 Å². The first-order valence-corrected chi connectivity index (χ1v) is 7.31. The topological polar surface area (TPSA) is 105 Å². The second-order valence-electron chi connectivity index (χ2n) is 5.11. The van der Waals surface area contributed by atoms with E-state index in [-0.39, 0.29) is 28.7 Å².